The topological polar surface area (TPSA) is 87.2 Å². The lowest BCUT2D eigenvalue weighted by atomic mass is 10.6. The number of halogens is 3. The van der Waals surface area contributed by atoms with Crippen LogP contribution in [0.3, 0.4) is 0 Å². The zero-order chi connectivity index (χ0) is 13.3. The summed E-state index contributed by atoms with van der Waals surface area (Å²) in [6, 6.07) is 0. The molecule has 0 atom stereocenters. The predicted octanol–water partition coefficient (Wildman–Crippen LogP) is 0.375. The lowest BCUT2D eigenvalue weighted by Crippen LogP contribution is -2.17. The highest BCUT2D eigenvalue weighted by atomic mass is 32.2. The van der Waals surface area contributed by atoms with E-state index in [2.05, 4.69) is 9.72 Å². The van der Waals surface area contributed by atoms with Crippen molar-refractivity contribution in [2.45, 2.75) is 24.9 Å². The monoisotopic (exact) mass is 273 g/mol. The van der Waals surface area contributed by atoms with Gasteiger partial charge in [0, 0.05) is 12.7 Å². The second kappa shape index (κ2) is 4.63. The first kappa shape index (κ1) is 13.9. The minimum atomic E-state index is -4.71. The maximum atomic E-state index is 11.7. The number of rotatable bonds is 4. The van der Waals surface area contributed by atoms with Crippen LogP contribution in [0, 0.1) is 6.92 Å². The van der Waals surface area contributed by atoms with Crippen molar-refractivity contribution in [3.63, 3.8) is 0 Å². The van der Waals surface area contributed by atoms with E-state index in [1.807, 2.05) is 0 Å². The SMILES string of the molecule is Cc1nc(S(N)(=O)=O)cn1CCOC(F)(F)F. The summed E-state index contributed by atoms with van der Waals surface area (Å²) in [5.74, 6) is 0.236. The number of hydrogen-bond acceptors (Lipinski definition) is 4. The quantitative estimate of drug-likeness (QED) is 0.858. The summed E-state index contributed by atoms with van der Waals surface area (Å²) in [6.07, 6.45) is -3.65. The number of aromatic nitrogens is 2. The van der Waals surface area contributed by atoms with Crippen LogP contribution in [-0.2, 0) is 21.3 Å². The van der Waals surface area contributed by atoms with E-state index in [1.165, 1.54) is 11.5 Å². The number of nitrogens with two attached hydrogens (primary N) is 1. The number of ether oxygens (including phenoxy) is 1. The third-order valence-corrected chi connectivity index (χ3v) is 2.62. The summed E-state index contributed by atoms with van der Waals surface area (Å²) >= 11 is 0. The van der Waals surface area contributed by atoms with E-state index in [4.69, 9.17) is 5.14 Å². The van der Waals surface area contributed by atoms with Crippen LogP contribution in [0.2, 0.25) is 0 Å². The minimum absolute atomic E-state index is 0.173. The Kier molecular flexibility index (Phi) is 3.79. The number of sulfonamides is 1. The fourth-order valence-electron chi connectivity index (χ4n) is 1.10. The molecular formula is C7H10F3N3O3S. The van der Waals surface area contributed by atoms with Gasteiger partial charge in [-0.15, -0.1) is 13.2 Å². The van der Waals surface area contributed by atoms with Gasteiger partial charge >= 0.3 is 6.36 Å². The first-order valence-electron chi connectivity index (χ1n) is 4.37. The van der Waals surface area contributed by atoms with Gasteiger partial charge in [0.25, 0.3) is 10.0 Å². The van der Waals surface area contributed by atoms with Gasteiger partial charge in [0.15, 0.2) is 5.03 Å². The van der Waals surface area contributed by atoms with E-state index in [0.29, 0.717) is 0 Å². The molecule has 0 fully saturated rings. The second-order valence-electron chi connectivity index (χ2n) is 3.16. The van der Waals surface area contributed by atoms with Crippen LogP contribution in [0.5, 0.6) is 0 Å². The highest BCUT2D eigenvalue weighted by Gasteiger charge is 2.28. The zero-order valence-electron chi connectivity index (χ0n) is 8.73. The van der Waals surface area contributed by atoms with Crippen molar-refractivity contribution in [1.29, 1.82) is 0 Å². The van der Waals surface area contributed by atoms with Crippen LogP contribution in [0.25, 0.3) is 0 Å². The summed E-state index contributed by atoms with van der Waals surface area (Å²) in [6.45, 7) is 0.640. The van der Waals surface area contributed by atoms with Gasteiger partial charge < -0.3 is 4.57 Å². The molecule has 0 saturated carbocycles. The number of hydrogen-bond donors (Lipinski definition) is 1. The molecule has 1 rings (SSSR count). The van der Waals surface area contributed by atoms with Crippen LogP contribution in [0.15, 0.2) is 11.2 Å². The van der Waals surface area contributed by atoms with Crippen molar-refractivity contribution >= 4 is 10.0 Å². The fourth-order valence-corrected chi connectivity index (χ4v) is 1.64. The standard InChI is InChI=1S/C7H10F3N3O3S/c1-5-12-6(17(11,14)15)4-13(5)2-3-16-7(8,9)10/h4H,2-3H2,1H3,(H2,11,14,15). The van der Waals surface area contributed by atoms with E-state index in [-0.39, 0.29) is 17.4 Å². The van der Waals surface area contributed by atoms with E-state index in [9.17, 15) is 21.6 Å². The van der Waals surface area contributed by atoms with Gasteiger partial charge in [-0.3, -0.25) is 4.74 Å². The molecule has 0 aliphatic carbocycles. The Bertz CT molecular complexity index is 494. The van der Waals surface area contributed by atoms with Gasteiger partial charge in [-0.1, -0.05) is 0 Å². The van der Waals surface area contributed by atoms with Crippen molar-refractivity contribution in [2.75, 3.05) is 6.61 Å². The lowest BCUT2D eigenvalue weighted by molar-refractivity contribution is -0.325. The molecule has 0 saturated heterocycles. The molecule has 1 heterocycles. The van der Waals surface area contributed by atoms with Crippen LogP contribution < -0.4 is 5.14 Å². The molecule has 0 unspecified atom stereocenters. The number of primary sulfonamides is 1. The van der Waals surface area contributed by atoms with Gasteiger partial charge in [-0.25, -0.2) is 18.5 Å². The predicted molar refractivity (Wildman–Crippen MR) is 50.3 cm³/mol. The van der Waals surface area contributed by atoms with Crippen molar-refractivity contribution < 1.29 is 26.3 Å². The van der Waals surface area contributed by atoms with E-state index < -0.39 is 23.0 Å². The molecule has 0 aliphatic heterocycles. The van der Waals surface area contributed by atoms with Crippen molar-refractivity contribution in [3.05, 3.63) is 12.0 Å². The third-order valence-electron chi connectivity index (χ3n) is 1.84. The van der Waals surface area contributed by atoms with Gasteiger partial charge in [0.05, 0.1) is 6.61 Å². The molecule has 0 spiro atoms. The van der Waals surface area contributed by atoms with Gasteiger partial charge in [0.2, 0.25) is 0 Å². The van der Waals surface area contributed by atoms with Crippen LogP contribution in [0.1, 0.15) is 5.82 Å². The number of imidazole rings is 1. The van der Waals surface area contributed by atoms with Gasteiger partial charge in [-0.05, 0) is 6.92 Å². The Balaban J connectivity index is 2.70. The first-order chi connectivity index (χ1) is 7.59. The zero-order valence-corrected chi connectivity index (χ0v) is 9.55. The molecule has 10 heteroatoms. The molecule has 0 bridgehead atoms. The maximum Gasteiger partial charge on any atom is 0.522 e. The van der Waals surface area contributed by atoms with Gasteiger partial charge in [-0.2, -0.15) is 0 Å². The molecule has 1 aromatic rings. The molecule has 0 radical (unpaired) electrons. The first-order valence-corrected chi connectivity index (χ1v) is 5.91. The molecule has 0 aliphatic rings. The average Bonchev–Trinajstić information content (AvgIpc) is 2.45. The molecule has 0 amide bonds. The van der Waals surface area contributed by atoms with Gasteiger partial charge in [0.1, 0.15) is 5.82 Å². The van der Waals surface area contributed by atoms with Crippen LogP contribution >= 0.6 is 0 Å². The molecule has 17 heavy (non-hydrogen) atoms. The summed E-state index contributed by atoms with van der Waals surface area (Å²) in [4.78, 5) is 3.61. The molecular weight excluding hydrogens is 263 g/mol. The lowest BCUT2D eigenvalue weighted by Gasteiger charge is -2.08. The van der Waals surface area contributed by atoms with Crippen molar-refractivity contribution in [1.82, 2.24) is 9.55 Å². The van der Waals surface area contributed by atoms with E-state index >= 15 is 0 Å². The Hall–Kier alpha value is -1.13. The minimum Gasteiger partial charge on any atom is -0.331 e. The molecule has 98 valence electrons. The normalized spacial score (nSPS) is 13.0. The largest absolute Gasteiger partial charge is 0.522 e. The Morgan fingerprint density at radius 3 is 2.53 bits per heavy atom. The Morgan fingerprint density at radius 1 is 1.53 bits per heavy atom. The van der Waals surface area contributed by atoms with Crippen molar-refractivity contribution in [3.8, 4) is 0 Å². The van der Waals surface area contributed by atoms with Crippen molar-refractivity contribution in [2.24, 2.45) is 5.14 Å². The van der Waals surface area contributed by atoms with Crippen LogP contribution in [-0.4, -0.2) is 30.9 Å². The number of nitrogens with zero attached hydrogens (tertiary/aromatic N) is 2. The average molecular weight is 273 g/mol. The van der Waals surface area contributed by atoms with E-state index in [0.717, 1.165) is 6.20 Å². The van der Waals surface area contributed by atoms with Crippen LogP contribution in [0.4, 0.5) is 13.2 Å². The Morgan fingerprint density at radius 2 is 2.12 bits per heavy atom. The molecule has 6 nitrogen and oxygen atoms in total. The summed E-state index contributed by atoms with van der Waals surface area (Å²) < 4.78 is 61.7. The highest BCUT2D eigenvalue weighted by Crippen LogP contribution is 2.16. The maximum absolute atomic E-state index is 11.7. The summed E-state index contributed by atoms with van der Waals surface area (Å²) in [5.41, 5.74) is 0. The van der Waals surface area contributed by atoms with E-state index in [1.54, 1.807) is 0 Å². The Labute approximate surface area is 95.2 Å². The molecule has 2 N–H and O–H groups in total. The third kappa shape index (κ3) is 4.32. The second-order valence-corrected chi connectivity index (χ2v) is 4.67. The summed E-state index contributed by atoms with van der Waals surface area (Å²) in [5, 5.41) is 4.44. The molecule has 1 aromatic heterocycles. The summed E-state index contributed by atoms with van der Waals surface area (Å²) in [7, 11) is -3.95. The number of aryl methyl sites for hydroxylation is 1. The molecule has 0 aromatic carbocycles. The fraction of sp³-hybridized carbons (Fsp3) is 0.571. The smallest absolute Gasteiger partial charge is 0.331 e. The number of alkyl halides is 3. The highest BCUT2D eigenvalue weighted by molar-refractivity contribution is 7.89.